The second kappa shape index (κ2) is 2.96. The monoisotopic (exact) mass is 187 g/mol. The van der Waals surface area contributed by atoms with Gasteiger partial charge in [-0.25, -0.2) is 0 Å². The van der Waals surface area contributed by atoms with Gasteiger partial charge in [0, 0.05) is 5.39 Å². The molecule has 0 saturated heterocycles. The predicted molar refractivity (Wildman–Crippen MR) is 54.0 cm³/mol. The summed E-state index contributed by atoms with van der Waals surface area (Å²) in [5.41, 5.74) is 6.89. The van der Waals surface area contributed by atoms with E-state index in [4.69, 9.17) is 15.7 Å². The molecule has 2 aromatic rings. The molecule has 0 aliphatic carbocycles. The van der Waals surface area contributed by atoms with E-state index in [-0.39, 0.29) is 0 Å². The second-order valence-corrected chi connectivity index (χ2v) is 2.91. The number of nitrogens with zero attached hydrogens (tertiary/aromatic N) is 1. The third-order valence-electron chi connectivity index (χ3n) is 2.16. The van der Waals surface area contributed by atoms with Crippen molar-refractivity contribution in [3.05, 3.63) is 23.8 Å². The first kappa shape index (κ1) is 8.45. The topological polar surface area (TPSA) is 74.8 Å². The van der Waals surface area contributed by atoms with Crippen LogP contribution in [0.3, 0.4) is 0 Å². The fraction of sp³-hybridized carbons (Fsp3) is 0.100. The average Bonchev–Trinajstić information content (AvgIpc) is 2.52. The summed E-state index contributed by atoms with van der Waals surface area (Å²) >= 11 is 0. The maximum absolute atomic E-state index is 8.88. The van der Waals surface area contributed by atoms with Crippen molar-refractivity contribution in [1.82, 2.24) is 4.98 Å². The molecule has 4 nitrogen and oxygen atoms in total. The lowest BCUT2D eigenvalue weighted by Crippen LogP contribution is -1.86. The number of rotatable bonds is 1. The lowest BCUT2D eigenvalue weighted by Gasteiger charge is -1.99. The number of fused-ring (bicyclic) bond motifs is 1. The van der Waals surface area contributed by atoms with Gasteiger partial charge in [-0.05, 0) is 6.07 Å². The van der Waals surface area contributed by atoms with E-state index in [9.17, 15) is 0 Å². The van der Waals surface area contributed by atoms with E-state index in [2.05, 4.69) is 11.1 Å². The Morgan fingerprint density at radius 2 is 2.29 bits per heavy atom. The van der Waals surface area contributed by atoms with Crippen LogP contribution < -0.4 is 10.5 Å². The number of H-pyrrole nitrogens is 1. The number of aromatic amines is 1. The van der Waals surface area contributed by atoms with E-state index >= 15 is 0 Å². The van der Waals surface area contributed by atoms with Crippen LogP contribution in [-0.4, -0.2) is 12.1 Å². The number of hydrogen-bond donors (Lipinski definition) is 2. The molecular formula is C10H9N3O. The van der Waals surface area contributed by atoms with E-state index in [1.807, 2.05) is 18.2 Å². The first-order valence-electron chi connectivity index (χ1n) is 4.12. The summed E-state index contributed by atoms with van der Waals surface area (Å²) in [5, 5.41) is 9.67. The van der Waals surface area contributed by atoms with E-state index in [1.54, 1.807) is 7.11 Å². The number of hydrogen-bond acceptors (Lipinski definition) is 3. The van der Waals surface area contributed by atoms with Gasteiger partial charge in [-0.1, -0.05) is 12.1 Å². The van der Waals surface area contributed by atoms with Crippen LogP contribution in [0, 0.1) is 11.3 Å². The van der Waals surface area contributed by atoms with Gasteiger partial charge in [0.2, 0.25) is 0 Å². The van der Waals surface area contributed by atoms with Crippen LogP contribution in [0.4, 0.5) is 5.82 Å². The van der Waals surface area contributed by atoms with E-state index in [1.165, 1.54) is 0 Å². The highest BCUT2D eigenvalue weighted by atomic mass is 16.5. The zero-order valence-electron chi connectivity index (χ0n) is 7.66. The van der Waals surface area contributed by atoms with Crippen molar-refractivity contribution in [2.75, 3.05) is 12.8 Å². The van der Waals surface area contributed by atoms with Crippen molar-refractivity contribution >= 4 is 16.7 Å². The second-order valence-electron chi connectivity index (χ2n) is 2.91. The van der Waals surface area contributed by atoms with Crippen LogP contribution in [0.5, 0.6) is 5.75 Å². The summed E-state index contributed by atoms with van der Waals surface area (Å²) in [6.07, 6.45) is 0. The fourth-order valence-electron chi connectivity index (χ4n) is 1.50. The van der Waals surface area contributed by atoms with Crippen LogP contribution >= 0.6 is 0 Å². The quantitative estimate of drug-likeness (QED) is 0.712. The number of nitrogen functional groups attached to an aromatic ring is 1. The molecule has 70 valence electrons. The van der Waals surface area contributed by atoms with Gasteiger partial charge in [0.25, 0.3) is 0 Å². The van der Waals surface area contributed by atoms with Gasteiger partial charge in [-0.15, -0.1) is 0 Å². The number of nitrogens with one attached hydrogen (secondary N) is 1. The van der Waals surface area contributed by atoms with E-state index in [0.717, 1.165) is 10.9 Å². The van der Waals surface area contributed by atoms with Gasteiger partial charge in [-0.2, -0.15) is 5.26 Å². The fourth-order valence-corrected chi connectivity index (χ4v) is 1.50. The Morgan fingerprint density at radius 1 is 1.50 bits per heavy atom. The van der Waals surface area contributed by atoms with E-state index < -0.39 is 0 Å². The molecule has 0 aliphatic heterocycles. The first-order valence-corrected chi connectivity index (χ1v) is 4.12. The molecule has 1 heterocycles. The minimum absolute atomic E-state index is 0.381. The molecule has 1 aromatic heterocycles. The molecule has 4 heteroatoms. The van der Waals surface area contributed by atoms with Crippen molar-refractivity contribution in [2.45, 2.75) is 0 Å². The van der Waals surface area contributed by atoms with Crippen molar-refractivity contribution < 1.29 is 4.74 Å². The van der Waals surface area contributed by atoms with Crippen LogP contribution in [0.2, 0.25) is 0 Å². The van der Waals surface area contributed by atoms with Gasteiger partial charge in [0.05, 0.1) is 12.6 Å². The Balaban J connectivity index is 2.87. The van der Waals surface area contributed by atoms with Gasteiger partial charge in [0.1, 0.15) is 23.2 Å². The third kappa shape index (κ3) is 0.995. The van der Waals surface area contributed by atoms with Crippen molar-refractivity contribution in [2.24, 2.45) is 0 Å². The Labute approximate surface area is 80.9 Å². The number of aromatic nitrogens is 1. The highest BCUT2D eigenvalue weighted by molar-refractivity contribution is 5.94. The van der Waals surface area contributed by atoms with Gasteiger partial charge < -0.3 is 15.5 Å². The van der Waals surface area contributed by atoms with Crippen molar-refractivity contribution in [3.63, 3.8) is 0 Å². The lowest BCUT2D eigenvalue weighted by molar-refractivity contribution is 0.419. The summed E-state index contributed by atoms with van der Waals surface area (Å²) in [7, 11) is 1.58. The van der Waals surface area contributed by atoms with Gasteiger partial charge >= 0.3 is 0 Å². The summed E-state index contributed by atoms with van der Waals surface area (Å²) in [5.74, 6) is 1.07. The third-order valence-corrected chi connectivity index (χ3v) is 2.16. The summed E-state index contributed by atoms with van der Waals surface area (Å²) in [4.78, 5) is 2.93. The minimum atomic E-state index is 0.381. The SMILES string of the molecule is COc1cccc2c(C#N)c(N)[nH]c12. The smallest absolute Gasteiger partial charge is 0.143 e. The van der Waals surface area contributed by atoms with Crippen LogP contribution in [0.1, 0.15) is 5.56 Å². The van der Waals surface area contributed by atoms with Crippen LogP contribution in [0.25, 0.3) is 10.9 Å². The normalized spacial score (nSPS) is 10.0. The average molecular weight is 187 g/mol. The Morgan fingerprint density at radius 3 is 2.93 bits per heavy atom. The molecule has 0 radical (unpaired) electrons. The highest BCUT2D eigenvalue weighted by Gasteiger charge is 2.11. The van der Waals surface area contributed by atoms with E-state index in [0.29, 0.717) is 17.1 Å². The highest BCUT2D eigenvalue weighted by Crippen LogP contribution is 2.30. The van der Waals surface area contributed by atoms with Crippen molar-refractivity contribution in [3.8, 4) is 11.8 Å². The molecule has 0 saturated carbocycles. The maximum Gasteiger partial charge on any atom is 0.143 e. The lowest BCUT2D eigenvalue weighted by atomic mass is 10.2. The number of benzene rings is 1. The summed E-state index contributed by atoms with van der Waals surface area (Å²) in [6.45, 7) is 0. The molecule has 0 amide bonds. The standard InChI is InChI=1S/C10H9N3O/c1-14-8-4-2-3-6-7(5-11)10(12)13-9(6)8/h2-4,13H,12H2,1H3. The number of anilines is 1. The first-order chi connectivity index (χ1) is 6.77. The maximum atomic E-state index is 8.88. The molecule has 0 bridgehead atoms. The van der Waals surface area contributed by atoms with Crippen LogP contribution in [0.15, 0.2) is 18.2 Å². The van der Waals surface area contributed by atoms with Gasteiger partial charge in [0.15, 0.2) is 0 Å². The number of nitriles is 1. The molecule has 3 N–H and O–H groups in total. The largest absolute Gasteiger partial charge is 0.495 e. The summed E-state index contributed by atoms with van der Waals surface area (Å²) < 4.78 is 5.14. The summed E-state index contributed by atoms with van der Waals surface area (Å²) in [6, 6.07) is 7.54. The van der Waals surface area contributed by atoms with Crippen LogP contribution in [-0.2, 0) is 0 Å². The molecule has 2 rings (SSSR count). The zero-order valence-corrected chi connectivity index (χ0v) is 7.66. The Bertz CT molecular complexity index is 522. The molecular weight excluding hydrogens is 178 g/mol. The van der Waals surface area contributed by atoms with Crippen molar-refractivity contribution in [1.29, 1.82) is 5.26 Å². The Kier molecular flexibility index (Phi) is 1.79. The molecule has 0 atom stereocenters. The molecule has 14 heavy (non-hydrogen) atoms. The predicted octanol–water partition coefficient (Wildman–Crippen LogP) is 1.63. The number of methoxy groups -OCH3 is 1. The van der Waals surface area contributed by atoms with Gasteiger partial charge in [-0.3, -0.25) is 0 Å². The number of nitrogens with two attached hydrogens (primary N) is 1. The Hall–Kier alpha value is -2.15. The molecule has 0 unspecified atom stereocenters. The molecule has 0 fully saturated rings. The molecule has 0 aliphatic rings. The zero-order chi connectivity index (χ0) is 10.1. The number of para-hydroxylation sites is 1. The number of ether oxygens (including phenoxy) is 1. The minimum Gasteiger partial charge on any atom is -0.495 e. The molecule has 0 spiro atoms. The molecule has 1 aromatic carbocycles.